The lowest BCUT2D eigenvalue weighted by atomic mass is 9.74. The number of carbonyl (C=O) groups is 2. The molecule has 0 radical (unpaired) electrons. The van der Waals surface area contributed by atoms with Crippen LogP contribution in [-0.4, -0.2) is 24.3 Å². The smallest absolute Gasteiger partial charge is 0.239 e. The van der Waals surface area contributed by atoms with Crippen LogP contribution in [0.5, 0.6) is 0 Å². The quantitative estimate of drug-likeness (QED) is 0.668. The summed E-state index contributed by atoms with van der Waals surface area (Å²) in [6.07, 6.45) is 5.64. The molecule has 2 N–H and O–H groups in total. The zero-order valence-corrected chi connectivity index (χ0v) is 19.7. The molecule has 3 aliphatic rings. The molecule has 1 aromatic carbocycles. The Labute approximate surface area is 195 Å². The number of carbonyl (C=O) groups excluding carboxylic acids is 2. The number of benzene rings is 1. The molecule has 33 heavy (non-hydrogen) atoms. The predicted molar refractivity (Wildman–Crippen MR) is 129 cm³/mol. The van der Waals surface area contributed by atoms with Crippen molar-refractivity contribution in [1.82, 2.24) is 5.32 Å². The largest absolute Gasteiger partial charge is 0.464 e. The van der Waals surface area contributed by atoms with Gasteiger partial charge in [0.25, 0.3) is 0 Å². The van der Waals surface area contributed by atoms with Gasteiger partial charge in [-0.05, 0) is 55.9 Å². The van der Waals surface area contributed by atoms with E-state index in [1.165, 1.54) is 0 Å². The van der Waals surface area contributed by atoms with Crippen LogP contribution in [0.15, 0.2) is 52.1 Å². The summed E-state index contributed by atoms with van der Waals surface area (Å²) >= 11 is 0. The summed E-state index contributed by atoms with van der Waals surface area (Å²) in [5.74, 6) is 1.58. The van der Waals surface area contributed by atoms with Gasteiger partial charge in [0.15, 0.2) is 5.78 Å². The number of furan rings is 1. The van der Waals surface area contributed by atoms with Crippen LogP contribution in [0.2, 0.25) is 0 Å². The number of anilines is 2. The fourth-order valence-electron chi connectivity index (χ4n) is 5.62. The van der Waals surface area contributed by atoms with Gasteiger partial charge >= 0.3 is 0 Å². The molecule has 0 spiro atoms. The van der Waals surface area contributed by atoms with Gasteiger partial charge in [-0.2, -0.15) is 0 Å². The van der Waals surface area contributed by atoms with Crippen molar-refractivity contribution in [3.05, 3.63) is 59.2 Å². The molecule has 174 valence electrons. The number of fused-ring (bicyclic) bond motifs is 1. The minimum Gasteiger partial charge on any atom is -0.464 e. The monoisotopic (exact) mass is 447 g/mol. The number of allylic oxidation sites excluding steroid dienone is 1. The van der Waals surface area contributed by atoms with Crippen molar-refractivity contribution in [1.29, 1.82) is 0 Å². The molecule has 5 rings (SSSR count). The van der Waals surface area contributed by atoms with Crippen molar-refractivity contribution in [2.45, 2.75) is 71.4 Å². The van der Waals surface area contributed by atoms with Crippen molar-refractivity contribution in [3.63, 3.8) is 0 Å². The Hall–Kier alpha value is -3.02. The van der Waals surface area contributed by atoms with Gasteiger partial charge in [0.1, 0.15) is 17.6 Å². The van der Waals surface area contributed by atoms with Gasteiger partial charge in [-0.3, -0.25) is 9.59 Å². The van der Waals surface area contributed by atoms with Gasteiger partial charge in [0, 0.05) is 23.7 Å². The van der Waals surface area contributed by atoms with Crippen LogP contribution >= 0.6 is 0 Å². The van der Waals surface area contributed by atoms with E-state index in [1.807, 2.05) is 48.2 Å². The molecule has 0 saturated heterocycles. The van der Waals surface area contributed by atoms with Crippen molar-refractivity contribution in [2.75, 3.05) is 16.8 Å². The molecule has 1 unspecified atom stereocenters. The molecule has 6 nitrogen and oxygen atoms in total. The van der Waals surface area contributed by atoms with E-state index in [0.29, 0.717) is 17.8 Å². The number of amides is 1. The minimum atomic E-state index is -0.456. The molecular weight excluding hydrogens is 414 g/mol. The lowest BCUT2D eigenvalue weighted by Crippen LogP contribution is -2.44. The van der Waals surface area contributed by atoms with Crippen LogP contribution in [-0.2, 0) is 9.59 Å². The molecule has 1 amide bonds. The van der Waals surface area contributed by atoms with Gasteiger partial charge < -0.3 is 20.0 Å². The standard InChI is InChI=1S/C27H33N3O3/c1-17-12-13-23(33-17)26-25-20(14-27(2,3)15-22(25)31)29-19-10-6-7-11-21(19)30(26)16-24(32)28-18-8-4-5-9-18/h6-7,10-13,18,26,29H,4-5,8-9,14-16H2,1-3H3,(H,28,32). The third-order valence-corrected chi connectivity index (χ3v) is 7.07. The van der Waals surface area contributed by atoms with E-state index in [0.717, 1.165) is 54.9 Å². The maximum absolute atomic E-state index is 13.6. The van der Waals surface area contributed by atoms with Crippen LogP contribution in [0, 0.1) is 12.3 Å². The summed E-state index contributed by atoms with van der Waals surface area (Å²) in [4.78, 5) is 28.8. The highest BCUT2D eigenvalue weighted by Crippen LogP contribution is 2.48. The summed E-state index contributed by atoms with van der Waals surface area (Å²) in [5.41, 5.74) is 3.33. The van der Waals surface area contributed by atoms with Crippen LogP contribution in [0.1, 0.15) is 69.9 Å². The first kappa shape index (κ1) is 21.8. The second-order valence-electron chi connectivity index (χ2n) is 10.5. The second-order valence-corrected chi connectivity index (χ2v) is 10.5. The Balaban J connectivity index is 1.61. The highest BCUT2D eigenvalue weighted by molar-refractivity contribution is 6.01. The van der Waals surface area contributed by atoms with E-state index in [9.17, 15) is 9.59 Å². The zero-order chi connectivity index (χ0) is 23.2. The molecule has 1 fully saturated rings. The van der Waals surface area contributed by atoms with Gasteiger partial charge in [-0.25, -0.2) is 0 Å². The lowest BCUT2D eigenvalue weighted by Gasteiger charge is -2.36. The first-order valence-corrected chi connectivity index (χ1v) is 12.1. The molecule has 2 aliphatic carbocycles. The summed E-state index contributed by atoms with van der Waals surface area (Å²) in [6.45, 7) is 6.33. The van der Waals surface area contributed by atoms with E-state index < -0.39 is 6.04 Å². The van der Waals surface area contributed by atoms with Crippen LogP contribution < -0.4 is 15.5 Å². The van der Waals surface area contributed by atoms with Crippen molar-refractivity contribution in [3.8, 4) is 0 Å². The Kier molecular flexibility index (Phi) is 5.55. The van der Waals surface area contributed by atoms with Crippen molar-refractivity contribution in [2.24, 2.45) is 5.41 Å². The van der Waals surface area contributed by atoms with E-state index in [2.05, 4.69) is 24.5 Å². The molecule has 2 aromatic rings. The summed E-state index contributed by atoms with van der Waals surface area (Å²) in [7, 11) is 0. The number of nitrogens with one attached hydrogen (secondary N) is 2. The first-order valence-electron chi connectivity index (χ1n) is 12.1. The van der Waals surface area contributed by atoms with Crippen LogP contribution in [0.25, 0.3) is 0 Å². The Morgan fingerprint density at radius 3 is 2.64 bits per heavy atom. The summed E-state index contributed by atoms with van der Waals surface area (Å²) in [6, 6.07) is 11.6. The van der Waals surface area contributed by atoms with Crippen LogP contribution in [0.4, 0.5) is 11.4 Å². The maximum atomic E-state index is 13.6. The van der Waals surface area contributed by atoms with Gasteiger partial charge in [-0.1, -0.05) is 38.8 Å². The minimum absolute atomic E-state index is 0.0161. The van der Waals surface area contributed by atoms with E-state index >= 15 is 0 Å². The highest BCUT2D eigenvalue weighted by atomic mass is 16.3. The molecule has 1 atom stereocenters. The van der Waals surface area contributed by atoms with Crippen LogP contribution in [0.3, 0.4) is 0 Å². The average Bonchev–Trinajstić information content (AvgIpc) is 3.38. The number of nitrogens with zero attached hydrogens (tertiary/aromatic N) is 1. The number of ketones is 1. The third kappa shape index (κ3) is 4.31. The van der Waals surface area contributed by atoms with E-state index in [4.69, 9.17) is 4.42 Å². The number of hydrogen-bond acceptors (Lipinski definition) is 5. The highest BCUT2D eigenvalue weighted by Gasteiger charge is 2.43. The normalized spacial score (nSPS) is 22.5. The summed E-state index contributed by atoms with van der Waals surface area (Å²) in [5, 5.41) is 6.79. The second kappa shape index (κ2) is 8.40. The number of hydrogen-bond donors (Lipinski definition) is 2. The van der Waals surface area contributed by atoms with Crippen molar-refractivity contribution < 1.29 is 14.0 Å². The summed E-state index contributed by atoms with van der Waals surface area (Å²) < 4.78 is 6.10. The Morgan fingerprint density at radius 2 is 1.91 bits per heavy atom. The molecule has 1 aromatic heterocycles. The van der Waals surface area contributed by atoms with Gasteiger partial charge in [0.05, 0.1) is 17.9 Å². The number of aryl methyl sites for hydroxylation is 1. The van der Waals surface area contributed by atoms with Gasteiger partial charge in [-0.15, -0.1) is 0 Å². The molecule has 1 aliphatic heterocycles. The molecule has 2 heterocycles. The SMILES string of the molecule is Cc1ccc(C2C3=C(CC(C)(C)CC3=O)Nc3ccccc3N2CC(=O)NC2CCCC2)o1. The lowest BCUT2D eigenvalue weighted by molar-refractivity contribution is -0.121. The first-order chi connectivity index (χ1) is 15.8. The molecule has 0 bridgehead atoms. The molecule has 1 saturated carbocycles. The fraction of sp³-hybridized carbons (Fsp3) is 0.481. The Bertz CT molecular complexity index is 1110. The van der Waals surface area contributed by atoms with E-state index in [-0.39, 0.29) is 29.7 Å². The molecule has 6 heteroatoms. The number of rotatable bonds is 4. The van der Waals surface area contributed by atoms with E-state index in [1.54, 1.807) is 0 Å². The third-order valence-electron chi connectivity index (χ3n) is 7.07. The fourth-order valence-corrected chi connectivity index (χ4v) is 5.62. The molecular formula is C27H33N3O3. The predicted octanol–water partition coefficient (Wildman–Crippen LogP) is 5.26. The van der Waals surface area contributed by atoms with Crippen molar-refractivity contribution >= 4 is 23.1 Å². The number of Topliss-reactive ketones (excluding diaryl/α,β-unsaturated/α-hetero) is 1. The van der Waals surface area contributed by atoms with Gasteiger partial charge in [0.2, 0.25) is 5.91 Å². The average molecular weight is 448 g/mol. The topological polar surface area (TPSA) is 74.6 Å². The number of para-hydroxylation sites is 2. The maximum Gasteiger partial charge on any atom is 0.239 e. The Morgan fingerprint density at radius 1 is 1.15 bits per heavy atom. The zero-order valence-electron chi connectivity index (χ0n) is 19.7.